The number of hydrogen-bond donors (Lipinski definition) is 1. The van der Waals surface area contributed by atoms with E-state index in [0.717, 1.165) is 98.9 Å². The summed E-state index contributed by atoms with van der Waals surface area (Å²) in [5.41, 5.74) is 14.9. The molecule has 16 aromatic rings. The molecule has 20 heteroatoms. The monoisotopic (exact) mass is 1700 g/mol. The minimum Gasteiger partial charge on any atom is -0.320 e. The van der Waals surface area contributed by atoms with Crippen molar-refractivity contribution in [2.75, 3.05) is 54.9 Å². The second kappa shape index (κ2) is 48.0. The van der Waals surface area contributed by atoms with Gasteiger partial charge in [-0.2, -0.15) is 0 Å². The Kier molecular flexibility index (Phi) is 36.7. The molecule has 0 bridgehead atoms. The highest BCUT2D eigenvalue weighted by Crippen LogP contribution is 2.37. The van der Waals surface area contributed by atoms with E-state index in [1.807, 2.05) is 122 Å². The van der Waals surface area contributed by atoms with Crippen molar-refractivity contribution >= 4 is 128 Å². The van der Waals surface area contributed by atoms with Crippen LogP contribution in [0.15, 0.2) is 286 Å². The zero-order valence-electron chi connectivity index (χ0n) is 75.7. The molecule has 17 rings (SSSR count). The summed E-state index contributed by atoms with van der Waals surface area (Å²) in [4.78, 5) is 119. The third kappa shape index (κ3) is 27.9. The first-order valence-electron chi connectivity index (χ1n) is 42.9. The molecule has 8 aromatic heterocycles. The van der Waals surface area contributed by atoms with Gasteiger partial charge in [0.2, 0.25) is 0 Å². The molecule has 0 aliphatic heterocycles. The van der Waals surface area contributed by atoms with Crippen LogP contribution in [-0.4, -0.2) is 144 Å². The van der Waals surface area contributed by atoms with Crippen molar-refractivity contribution in [3.05, 3.63) is 319 Å². The molecule has 1 fully saturated rings. The highest BCUT2D eigenvalue weighted by Gasteiger charge is 2.30. The number of likely N-dealkylation sites (N-methyl/N-ethyl adjacent to an activating group) is 2. The number of fused-ring (bicyclic) bond motifs is 12. The summed E-state index contributed by atoms with van der Waals surface area (Å²) >= 11 is 0. The number of nitrogens with zero attached hydrogens (tertiary/aromatic N) is 11. The number of hydrogen-bond acceptors (Lipinski definition) is 19. The third-order valence-corrected chi connectivity index (χ3v) is 21.3. The first-order valence-corrected chi connectivity index (χ1v) is 42.9. The molecular formula is C107H116N12O8. The van der Waals surface area contributed by atoms with E-state index in [2.05, 4.69) is 213 Å². The molecule has 1 aliphatic carbocycles. The Morgan fingerprint density at radius 3 is 1.13 bits per heavy atom. The summed E-state index contributed by atoms with van der Waals surface area (Å²) < 4.78 is 0. The molecule has 8 heterocycles. The van der Waals surface area contributed by atoms with Gasteiger partial charge in [-0.25, -0.2) is 0 Å². The van der Waals surface area contributed by atoms with Gasteiger partial charge in [0.15, 0.2) is 11.6 Å². The van der Waals surface area contributed by atoms with E-state index in [-0.39, 0.29) is 59.1 Å². The van der Waals surface area contributed by atoms with Crippen molar-refractivity contribution in [2.45, 2.75) is 121 Å². The molecule has 20 nitrogen and oxygen atoms in total. The van der Waals surface area contributed by atoms with E-state index in [4.69, 9.17) is 0 Å². The van der Waals surface area contributed by atoms with Crippen LogP contribution in [0.4, 0.5) is 5.69 Å². The van der Waals surface area contributed by atoms with E-state index in [0.29, 0.717) is 34.0 Å². The van der Waals surface area contributed by atoms with Crippen molar-refractivity contribution in [1.82, 2.24) is 55.0 Å². The number of ketones is 6. The van der Waals surface area contributed by atoms with Crippen LogP contribution < -0.4 is 5.32 Å². The highest BCUT2D eigenvalue weighted by atomic mass is 16.6. The number of non-ortho nitro benzene ring substituents is 1. The molecule has 1 saturated carbocycles. The Morgan fingerprint density at radius 2 is 0.780 bits per heavy atom. The Bertz CT molecular complexity index is 6080. The topological polar surface area (TPSA) is 267 Å². The van der Waals surface area contributed by atoms with Crippen LogP contribution in [0.25, 0.3) is 109 Å². The lowest BCUT2D eigenvalue weighted by Crippen LogP contribution is -2.28. The molecule has 1 aliphatic rings. The van der Waals surface area contributed by atoms with Gasteiger partial charge in [0.25, 0.3) is 5.69 Å². The highest BCUT2D eigenvalue weighted by molar-refractivity contribution is 6.15. The van der Waals surface area contributed by atoms with E-state index < -0.39 is 15.8 Å². The van der Waals surface area contributed by atoms with Crippen LogP contribution in [0.5, 0.6) is 0 Å². The number of nitro groups is 1. The van der Waals surface area contributed by atoms with Gasteiger partial charge in [-0.3, -0.25) is 78.8 Å². The molecule has 0 radical (unpaired) electrons. The molecule has 1 unspecified atom stereocenters. The zero-order valence-corrected chi connectivity index (χ0v) is 75.7. The minimum absolute atomic E-state index is 0.0208. The second-order valence-electron chi connectivity index (χ2n) is 33.4. The summed E-state index contributed by atoms with van der Waals surface area (Å²) in [6, 6.07) is 75.8. The fraction of sp³-hybridized carbons (Fsp3) is 0.271. The predicted molar refractivity (Wildman–Crippen MR) is 518 cm³/mol. The molecule has 0 saturated heterocycles. The van der Waals surface area contributed by atoms with Gasteiger partial charge >= 0.3 is 0 Å². The standard InChI is InChI=1S/C24H16N2.C15H12O2.C14H12N2.C12H7N3O2.C12H8N2.C11H20O2.C8H12O2.C6H16N2.C5H13N/c1-3-7-17(8-4-1)19-13-15-25-23-21(19)11-12-22-20(14-16-26-24(22)23)18-9-5-2-6-10-18;16-14(12-7-3-1-4-8-12)11-15(17)13-9-5-2-6-10-13;1-9-10(2)12-6-4-8-16-14(12)13-11(9)5-3-7-15-13;16-15(17)10-7-8-3-1-5-13-11(8)12-9(10)4-2-6-14-12;1-3-9-5-6-10-4-2-8-14-12(10)11(9)13-7-1;1-10(2,3)8(12)7-9(13)11(4,5)6;1-6(9)7-4-2-3-5-8(7)10;1-7(2)5-6-8(3)4;1-3-4-5-6-2/h1-16H;1-10H,11H2;3-8H,1-2H3;1-7H;1-8H;7H2,1-6H3;7H,2-5H2,1H3;5-6H2,1-4H3;6H,3-5H2,1-2H3. The Morgan fingerprint density at radius 1 is 0.425 bits per heavy atom. The quantitative estimate of drug-likeness (QED) is 0.0235. The van der Waals surface area contributed by atoms with Gasteiger partial charge in [0.1, 0.15) is 28.6 Å². The maximum absolute atomic E-state index is 11.8. The molecule has 127 heavy (non-hydrogen) atoms. The molecular weight excluding hydrogens is 1580 g/mol. The van der Waals surface area contributed by atoms with Crippen molar-refractivity contribution in [3.8, 4) is 22.3 Å². The SMILES string of the molecule is CC(=O)C1CCCCC1=O.CC(C)(C)C(=O)CC(=O)C(C)(C)C.CCCCNC.CN(C)CCN(C)C.Cc1c(C)c2cccnc2c2ncccc12.O=C(CC(=O)c1ccccc1)c1ccccc1.O=[N+]([O-])c1cc2cccnc2c2ncccc12.c1ccc(-c2ccnc3c2ccc2c(-c4ccccc4)ccnc23)cc1.c1cnc2c(c1)ccc1cccnc12. The fourth-order valence-electron chi connectivity index (χ4n) is 13.8. The number of benzene rings is 8. The third-order valence-electron chi connectivity index (χ3n) is 21.3. The van der Waals surface area contributed by atoms with Gasteiger partial charge in [0, 0.05) is 135 Å². The summed E-state index contributed by atoms with van der Waals surface area (Å²) in [7, 11) is 10.3. The van der Waals surface area contributed by atoms with Gasteiger partial charge in [0.05, 0.1) is 67.7 Å². The van der Waals surface area contributed by atoms with Crippen LogP contribution >= 0.6 is 0 Å². The second-order valence-corrected chi connectivity index (χ2v) is 33.4. The van der Waals surface area contributed by atoms with Crippen LogP contribution in [0, 0.1) is 40.7 Å². The lowest BCUT2D eigenvalue weighted by Gasteiger charge is -2.20. The van der Waals surface area contributed by atoms with Gasteiger partial charge in [-0.05, 0) is 170 Å². The van der Waals surface area contributed by atoms with Crippen molar-refractivity contribution in [1.29, 1.82) is 0 Å². The lowest BCUT2D eigenvalue weighted by molar-refractivity contribution is -0.382. The van der Waals surface area contributed by atoms with Crippen LogP contribution in [0.2, 0.25) is 0 Å². The number of nitro benzene ring substituents is 1. The van der Waals surface area contributed by atoms with Crippen LogP contribution in [-0.2, 0) is 19.2 Å². The average Bonchev–Trinajstić information content (AvgIpc) is 0.829. The van der Waals surface area contributed by atoms with E-state index >= 15 is 0 Å². The number of carbonyl (C=O) groups excluding carboxylic acids is 6. The predicted octanol–water partition coefficient (Wildman–Crippen LogP) is 23.2. The number of pyridine rings is 8. The number of rotatable bonds is 16. The first-order chi connectivity index (χ1) is 61.0. The van der Waals surface area contributed by atoms with E-state index in [9.17, 15) is 38.9 Å². The number of aromatic nitrogens is 8. The number of nitrogens with one attached hydrogen (secondary N) is 1. The van der Waals surface area contributed by atoms with Crippen LogP contribution in [0.1, 0.15) is 139 Å². The number of Topliss-reactive ketones (excluding diaryl/α,β-unsaturated/α-hetero) is 6. The average molecular weight is 1700 g/mol. The zero-order chi connectivity index (χ0) is 91.6. The molecule has 8 aromatic carbocycles. The Hall–Kier alpha value is -13.7. The largest absolute Gasteiger partial charge is 0.320 e. The van der Waals surface area contributed by atoms with E-state index in [1.54, 1.807) is 97.6 Å². The summed E-state index contributed by atoms with van der Waals surface area (Å²) in [6.07, 6.45) is 20.3. The smallest absolute Gasteiger partial charge is 0.279 e. The van der Waals surface area contributed by atoms with Crippen molar-refractivity contribution in [3.63, 3.8) is 0 Å². The number of aryl methyl sites for hydroxylation is 2. The number of carbonyl (C=O) groups is 6. The molecule has 1 atom stereocenters. The fourth-order valence-corrected chi connectivity index (χ4v) is 13.8. The maximum Gasteiger partial charge on any atom is 0.279 e. The lowest BCUT2D eigenvalue weighted by atomic mass is 9.82. The summed E-state index contributed by atoms with van der Waals surface area (Å²) in [5.74, 6) is -0.295. The van der Waals surface area contributed by atoms with Crippen molar-refractivity contribution < 1.29 is 33.7 Å². The molecule has 0 amide bonds. The Labute approximate surface area is 745 Å². The minimum atomic E-state index is -0.402. The first kappa shape index (κ1) is 97.2. The summed E-state index contributed by atoms with van der Waals surface area (Å²) in [6.45, 7) is 22.5. The molecule has 652 valence electrons. The normalized spacial score (nSPS) is 12.2. The molecule has 0 spiro atoms. The molecule has 1 N–H and O–H groups in total. The summed E-state index contributed by atoms with van der Waals surface area (Å²) in [5, 5.41) is 22.3. The van der Waals surface area contributed by atoms with Gasteiger partial charge < -0.3 is 15.1 Å². The Balaban J connectivity index is 0.000000166. The van der Waals surface area contributed by atoms with Gasteiger partial charge in [-0.1, -0.05) is 237 Å². The van der Waals surface area contributed by atoms with E-state index in [1.165, 1.54) is 70.0 Å². The maximum atomic E-state index is 11.8. The van der Waals surface area contributed by atoms with Crippen molar-refractivity contribution in [2.24, 2.45) is 16.7 Å². The number of unbranched alkanes of at least 4 members (excludes halogenated alkanes) is 1. The van der Waals surface area contributed by atoms with Gasteiger partial charge in [-0.15, -0.1) is 0 Å². The van der Waals surface area contributed by atoms with Crippen LogP contribution in [0.3, 0.4) is 0 Å².